The van der Waals surface area contributed by atoms with Crippen molar-refractivity contribution in [2.24, 2.45) is 0 Å². The summed E-state index contributed by atoms with van der Waals surface area (Å²) >= 11 is 0. The molecular weight excluding hydrogens is 206 g/mol. The summed E-state index contributed by atoms with van der Waals surface area (Å²) in [5.41, 5.74) is 2.17. The fraction of sp³-hybridized carbons (Fsp3) is 0.545. The third-order valence-corrected chi connectivity index (χ3v) is 3.10. The maximum absolute atomic E-state index is 10.6. The monoisotopic (exact) mass is 219 g/mol. The van der Waals surface area contributed by atoms with Gasteiger partial charge in [-0.25, -0.2) is 9.97 Å². The van der Waals surface area contributed by atoms with Gasteiger partial charge in [-0.2, -0.15) is 0 Å². The molecule has 1 fully saturated rings. The molecule has 0 aromatic carbocycles. The van der Waals surface area contributed by atoms with Crippen molar-refractivity contribution in [3.05, 3.63) is 23.3 Å². The van der Waals surface area contributed by atoms with Crippen molar-refractivity contribution in [2.75, 3.05) is 0 Å². The van der Waals surface area contributed by atoms with E-state index in [1.807, 2.05) is 0 Å². The number of aliphatic carboxylic acids is 1. The summed E-state index contributed by atoms with van der Waals surface area (Å²) in [4.78, 5) is 21.4. The van der Waals surface area contributed by atoms with Crippen molar-refractivity contribution in [1.82, 2.24) is 14.9 Å². The molecule has 84 valence electrons. The van der Waals surface area contributed by atoms with E-state index >= 15 is 0 Å². The first-order valence-electron chi connectivity index (χ1n) is 5.52. The van der Waals surface area contributed by atoms with Gasteiger partial charge >= 0.3 is 5.97 Å². The van der Waals surface area contributed by atoms with E-state index in [0.717, 1.165) is 30.4 Å². The fourth-order valence-electron chi connectivity index (χ4n) is 2.14. The molecule has 16 heavy (non-hydrogen) atoms. The molecule has 0 atom stereocenters. The van der Waals surface area contributed by atoms with Crippen LogP contribution in [0.2, 0.25) is 0 Å². The predicted octanol–water partition coefficient (Wildman–Crippen LogP) is 0.582. The van der Waals surface area contributed by atoms with Crippen LogP contribution >= 0.6 is 0 Å². The molecule has 5 nitrogen and oxygen atoms in total. The van der Waals surface area contributed by atoms with Crippen LogP contribution in [0.4, 0.5) is 0 Å². The highest BCUT2D eigenvalue weighted by Crippen LogP contribution is 2.33. The van der Waals surface area contributed by atoms with Crippen molar-refractivity contribution in [3.8, 4) is 0 Å². The molecule has 3 rings (SSSR count). The molecule has 1 saturated carbocycles. The Morgan fingerprint density at radius 3 is 3.00 bits per heavy atom. The van der Waals surface area contributed by atoms with Crippen LogP contribution in [-0.4, -0.2) is 32.0 Å². The van der Waals surface area contributed by atoms with Crippen LogP contribution in [0.25, 0.3) is 0 Å². The van der Waals surface area contributed by atoms with Gasteiger partial charge in [-0.15, -0.1) is 0 Å². The Labute approximate surface area is 93.1 Å². The summed E-state index contributed by atoms with van der Waals surface area (Å²) in [5, 5.41) is 8.68. The van der Waals surface area contributed by atoms with E-state index in [0.29, 0.717) is 5.82 Å². The first-order chi connectivity index (χ1) is 7.72. The van der Waals surface area contributed by atoms with Gasteiger partial charge in [-0.3, -0.25) is 9.69 Å². The van der Waals surface area contributed by atoms with Crippen LogP contribution in [0.15, 0.2) is 6.20 Å². The molecule has 1 aromatic rings. The summed E-state index contributed by atoms with van der Waals surface area (Å²) in [7, 11) is 0. The molecule has 1 N–H and O–H groups in total. The van der Waals surface area contributed by atoms with E-state index in [1.165, 1.54) is 12.8 Å². The predicted molar refractivity (Wildman–Crippen MR) is 55.6 cm³/mol. The second-order valence-electron chi connectivity index (χ2n) is 4.46. The van der Waals surface area contributed by atoms with E-state index in [-0.39, 0.29) is 6.42 Å². The molecule has 1 aliphatic carbocycles. The second kappa shape index (κ2) is 3.52. The maximum atomic E-state index is 10.6. The van der Waals surface area contributed by atoms with Crippen LogP contribution < -0.4 is 0 Å². The van der Waals surface area contributed by atoms with E-state index in [2.05, 4.69) is 14.9 Å². The van der Waals surface area contributed by atoms with E-state index < -0.39 is 5.97 Å². The largest absolute Gasteiger partial charge is 0.481 e. The number of carboxylic acids is 1. The lowest BCUT2D eigenvalue weighted by molar-refractivity contribution is -0.136. The van der Waals surface area contributed by atoms with Crippen LogP contribution in [0.3, 0.4) is 0 Å². The number of hydrogen-bond donors (Lipinski definition) is 1. The van der Waals surface area contributed by atoms with Gasteiger partial charge in [0.2, 0.25) is 0 Å². The Balaban J connectivity index is 1.79. The van der Waals surface area contributed by atoms with Crippen LogP contribution in [0, 0.1) is 0 Å². The average Bonchev–Trinajstić information content (AvgIpc) is 2.98. The molecule has 0 bridgehead atoms. The summed E-state index contributed by atoms with van der Waals surface area (Å²) in [5.74, 6) is -0.458. The van der Waals surface area contributed by atoms with Gasteiger partial charge in [0.15, 0.2) is 0 Å². The number of nitrogens with zero attached hydrogens (tertiary/aromatic N) is 3. The number of hydrogen-bond acceptors (Lipinski definition) is 4. The first kappa shape index (κ1) is 9.72. The lowest BCUT2D eigenvalue weighted by Crippen LogP contribution is -2.18. The Bertz CT molecular complexity index is 443. The zero-order valence-corrected chi connectivity index (χ0v) is 8.89. The molecule has 2 heterocycles. The Morgan fingerprint density at radius 2 is 2.31 bits per heavy atom. The Kier molecular flexibility index (Phi) is 2.14. The molecule has 0 saturated heterocycles. The lowest BCUT2D eigenvalue weighted by atomic mass is 10.2. The molecule has 0 spiro atoms. The lowest BCUT2D eigenvalue weighted by Gasteiger charge is -2.11. The average molecular weight is 219 g/mol. The third-order valence-electron chi connectivity index (χ3n) is 3.10. The van der Waals surface area contributed by atoms with Crippen LogP contribution in [0.1, 0.15) is 29.9 Å². The molecule has 1 aliphatic heterocycles. The zero-order valence-electron chi connectivity index (χ0n) is 8.89. The van der Waals surface area contributed by atoms with Crippen molar-refractivity contribution in [2.45, 2.75) is 38.4 Å². The van der Waals surface area contributed by atoms with Gasteiger partial charge in [0.05, 0.1) is 5.69 Å². The SMILES string of the molecule is O=C(O)Cc1ncc2c(n1)CN(C1CC1)C2. The van der Waals surface area contributed by atoms with Crippen LogP contribution in [0.5, 0.6) is 0 Å². The first-order valence-corrected chi connectivity index (χ1v) is 5.52. The smallest absolute Gasteiger partial charge is 0.311 e. The normalized spacial score (nSPS) is 19.8. The van der Waals surface area contributed by atoms with Gasteiger partial charge in [-0.1, -0.05) is 0 Å². The zero-order chi connectivity index (χ0) is 11.1. The molecule has 0 unspecified atom stereocenters. The number of fused-ring (bicyclic) bond motifs is 1. The summed E-state index contributed by atoms with van der Waals surface area (Å²) < 4.78 is 0. The minimum atomic E-state index is -0.878. The highest BCUT2D eigenvalue weighted by Gasteiger charge is 2.33. The van der Waals surface area contributed by atoms with Crippen molar-refractivity contribution in [3.63, 3.8) is 0 Å². The highest BCUT2D eigenvalue weighted by atomic mass is 16.4. The Hall–Kier alpha value is -1.49. The van der Waals surface area contributed by atoms with E-state index in [1.54, 1.807) is 6.20 Å². The number of carbonyl (C=O) groups is 1. The van der Waals surface area contributed by atoms with Crippen molar-refractivity contribution in [1.29, 1.82) is 0 Å². The summed E-state index contributed by atoms with van der Waals surface area (Å²) in [6, 6.07) is 0.720. The molecule has 2 aliphatic rings. The van der Waals surface area contributed by atoms with Gasteiger partial charge < -0.3 is 5.11 Å². The van der Waals surface area contributed by atoms with E-state index in [4.69, 9.17) is 5.11 Å². The highest BCUT2D eigenvalue weighted by molar-refractivity contribution is 5.68. The number of rotatable bonds is 3. The molecule has 5 heteroatoms. The summed E-state index contributed by atoms with van der Waals surface area (Å²) in [6.07, 6.45) is 4.26. The molecular formula is C11H13N3O2. The van der Waals surface area contributed by atoms with Crippen LogP contribution in [-0.2, 0) is 24.3 Å². The van der Waals surface area contributed by atoms with Crippen molar-refractivity contribution < 1.29 is 9.90 Å². The topological polar surface area (TPSA) is 66.3 Å². The van der Waals surface area contributed by atoms with E-state index in [9.17, 15) is 4.79 Å². The quantitative estimate of drug-likeness (QED) is 0.805. The van der Waals surface area contributed by atoms with Gasteiger partial charge in [0.25, 0.3) is 0 Å². The Morgan fingerprint density at radius 1 is 1.50 bits per heavy atom. The number of carboxylic acid groups (broad SMARTS) is 1. The minimum absolute atomic E-state index is 0.0866. The standard InChI is InChI=1S/C11H13N3O2/c15-11(16)3-10-12-4-7-5-14(8-1-2-8)6-9(7)13-10/h4,8H,1-3,5-6H2,(H,15,16). The van der Waals surface area contributed by atoms with Gasteiger partial charge in [0, 0.05) is 30.9 Å². The summed E-state index contributed by atoms with van der Waals surface area (Å²) in [6.45, 7) is 1.78. The van der Waals surface area contributed by atoms with Gasteiger partial charge in [0.1, 0.15) is 12.2 Å². The van der Waals surface area contributed by atoms with Crippen molar-refractivity contribution >= 4 is 5.97 Å². The molecule has 0 radical (unpaired) electrons. The third kappa shape index (κ3) is 1.78. The fourth-order valence-corrected chi connectivity index (χ4v) is 2.14. The molecule has 0 amide bonds. The number of aromatic nitrogens is 2. The molecule has 1 aromatic heterocycles. The minimum Gasteiger partial charge on any atom is -0.481 e. The van der Waals surface area contributed by atoms with Gasteiger partial charge in [-0.05, 0) is 12.8 Å². The second-order valence-corrected chi connectivity index (χ2v) is 4.46. The maximum Gasteiger partial charge on any atom is 0.311 e.